The third kappa shape index (κ3) is 3.36. The van der Waals surface area contributed by atoms with E-state index in [0.29, 0.717) is 17.7 Å². The summed E-state index contributed by atoms with van der Waals surface area (Å²) >= 11 is 0. The predicted octanol–water partition coefficient (Wildman–Crippen LogP) is 3.39. The smallest absolute Gasteiger partial charge is 0.300 e. The number of nitrogens with zero attached hydrogens (tertiary/aromatic N) is 4. The van der Waals surface area contributed by atoms with Gasteiger partial charge in [-0.15, -0.1) is 0 Å². The molecule has 0 aliphatic carbocycles. The third-order valence-electron chi connectivity index (χ3n) is 5.16. The van der Waals surface area contributed by atoms with Gasteiger partial charge < -0.3 is 10.1 Å². The maximum atomic E-state index is 11.2. The summed E-state index contributed by atoms with van der Waals surface area (Å²) in [6.45, 7) is 2.64. The Morgan fingerprint density at radius 1 is 1.21 bits per heavy atom. The van der Waals surface area contributed by atoms with E-state index < -0.39 is 4.92 Å². The number of likely N-dealkylation sites (tertiary alicyclic amines) is 1. The summed E-state index contributed by atoms with van der Waals surface area (Å²) in [6.07, 6.45) is 2.33. The van der Waals surface area contributed by atoms with Crippen molar-refractivity contribution in [3.63, 3.8) is 0 Å². The molecule has 2 heterocycles. The number of rotatable bonds is 7. The highest BCUT2D eigenvalue weighted by Crippen LogP contribution is 2.33. The van der Waals surface area contributed by atoms with Gasteiger partial charge in [-0.1, -0.05) is 18.2 Å². The molecule has 0 bridgehead atoms. The van der Waals surface area contributed by atoms with Crippen LogP contribution in [0.25, 0.3) is 11.0 Å². The van der Waals surface area contributed by atoms with Crippen molar-refractivity contribution in [3.8, 4) is 5.75 Å². The molecule has 1 aliphatic heterocycles. The number of non-ortho nitro benzene ring substituents is 1. The Morgan fingerprint density at radius 3 is 2.71 bits per heavy atom. The largest absolute Gasteiger partial charge is 0.496 e. The summed E-state index contributed by atoms with van der Waals surface area (Å²) < 4.78 is 10.3. The maximum absolute atomic E-state index is 11.2. The summed E-state index contributed by atoms with van der Waals surface area (Å²) in [5, 5.41) is 22.1. The number of para-hydroxylation sites is 1. The topological polar surface area (TPSA) is 107 Å². The van der Waals surface area contributed by atoms with Crippen LogP contribution in [0.15, 0.2) is 41.0 Å². The molecule has 0 radical (unpaired) electrons. The number of hydrogen-bond acceptors (Lipinski definition) is 8. The number of aromatic nitrogens is 2. The average Bonchev–Trinajstić information content (AvgIpc) is 3.40. The monoisotopic (exact) mass is 383 g/mol. The molecule has 0 spiro atoms. The fourth-order valence-corrected chi connectivity index (χ4v) is 3.78. The van der Waals surface area contributed by atoms with Crippen LogP contribution in [0.1, 0.15) is 24.4 Å². The Balaban J connectivity index is 1.63. The number of nitrogens with one attached hydrogen (secondary N) is 1. The Kier molecular flexibility index (Phi) is 5.07. The van der Waals surface area contributed by atoms with Gasteiger partial charge >= 0.3 is 5.69 Å². The first-order valence-electron chi connectivity index (χ1n) is 9.19. The number of fused-ring (bicyclic) bond motifs is 1. The SMILES string of the molecule is COc1ccccc1C(CNc1ccc([N+](=O)[O-])c2nonc12)N1CCCC1. The molecule has 9 nitrogen and oxygen atoms in total. The Hall–Kier alpha value is -3.20. The van der Waals surface area contributed by atoms with E-state index in [0.717, 1.165) is 24.4 Å². The minimum atomic E-state index is -0.488. The van der Waals surface area contributed by atoms with Crippen LogP contribution >= 0.6 is 0 Å². The number of ether oxygens (including phenoxy) is 1. The second-order valence-electron chi connectivity index (χ2n) is 6.73. The normalized spacial score (nSPS) is 15.6. The fourth-order valence-electron chi connectivity index (χ4n) is 3.78. The summed E-state index contributed by atoms with van der Waals surface area (Å²) in [5.41, 5.74) is 2.14. The number of benzene rings is 2. The molecule has 1 atom stereocenters. The molecule has 4 rings (SSSR count). The first-order chi connectivity index (χ1) is 13.7. The van der Waals surface area contributed by atoms with Gasteiger partial charge in [0.15, 0.2) is 5.52 Å². The minimum absolute atomic E-state index is 0.101. The van der Waals surface area contributed by atoms with Crippen molar-refractivity contribution in [1.29, 1.82) is 0 Å². The molecule has 1 aliphatic rings. The number of nitro benzene ring substituents is 1. The summed E-state index contributed by atoms with van der Waals surface area (Å²) in [7, 11) is 1.67. The number of methoxy groups -OCH3 is 1. The van der Waals surface area contributed by atoms with Crippen LogP contribution in [0, 0.1) is 10.1 Å². The standard InChI is InChI=1S/C19H21N5O4/c1-27-17-7-3-2-6-13(17)16(23-10-4-5-11-23)12-20-14-8-9-15(24(25)26)19-18(14)21-28-22-19/h2-3,6-9,16,20H,4-5,10-12H2,1H3. The maximum Gasteiger partial charge on any atom is 0.300 e. The highest BCUT2D eigenvalue weighted by atomic mass is 16.6. The molecule has 28 heavy (non-hydrogen) atoms. The molecule has 3 aromatic rings. The third-order valence-corrected chi connectivity index (χ3v) is 5.16. The van der Waals surface area contributed by atoms with Gasteiger partial charge in [0, 0.05) is 18.2 Å². The molecule has 0 saturated carbocycles. The van der Waals surface area contributed by atoms with Crippen molar-refractivity contribution in [3.05, 3.63) is 52.1 Å². The number of hydrogen-bond donors (Lipinski definition) is 1. The van der Waals surface area contributed by atoms with Crippen LogP contribution in [-0.4, -0.2) is 46.9 Å². The zero-order chi connectivity index (χ0) is 19.5. The van der Waals surface area contributed by atoms with Gasteiger partial charge in [-0.2, -0.15) is 0 Å². The summed E-state index contributed by atoms with van der Waals surface area (Å²) in [5.74, 6) is 0.846. The van der Waals surface area contributed by atoms with Crippen molar-refractivity contribution in [1.82, 2.24) is 15.2 Å². The molecular weight excluding hydrogens is 362 g/mol. The summed E-state index contributed by atoms with van der Waals surface area (Å²) in [4.78, 5) is 13.1. The Bertz CT molecular complexity index is 983. The number of anilines is 1. The van der Waals surface area contributed by atoms with E-state index in [9.17, 15) is 10.1 Å². The van der Waals surface area contributed by atoms with Crippen molar-refractivity contribution < 1.29 is 14.3 Å². The molecule has 2 aromatic carbocycles. The first kappa shape index (κ1) is 18.2. The van der Waals surface area contributed by atoms with Gasteiger partial charge in [-0.25, -0.2) is 4.63 Å². The fraction of sp³-hybridized carbons (Fsp3) is 0.368. The zero-order valence-corrected chi connectivity index (χ0v) is 15.5. The van der Waals surface area contributed by atoms with Gasteiger partial charge in [0.2, 0.25) is 5.52 Å². The zero-order valence-electron chi connectivity index (χ0n) is 15.5. The van der Waals surface area contributed by atoms with Gasteiger partial charge in [-0.3, -0.25) is 15.0 Å². The van der Waals surface area contributed by atoms with E-state index in [1.807, 2.05) is 18.2 Å². The molecule has 146 valence electrons. The van der Waals surface area contributed by atoms with Crippen molar-refractivity contribution in [2.24, 2.45) is 0 Å². The molecule has 1 aromatic heterocycles. The van der Waals surface area contributed by atoms with Crippen molar-refractivity contribution in [2.75, 3.05) is 32.1 Å². The van der Waals surface area contributed by atoms with Crippen LogP contribution in [0.4, 0.5) is 11.4 Å². The molecule has 1 saturated heterocycles. The van der Waals surface area contributed by atoms with Crippen LogP contribution < -0.4 is 10.1 Å². The lowest BCUT2D eigenvalue weighted by molar-refractivity contribution is -0.383. The molecule has 1 fully saturated rings. The second-order valence-corrected chi connectivity index (χ2v) is 6.73. The van der Waals surface area contributed by atoms with E-state index in [2.05, 4.69) is 26.6 Å². The highest BCUT2D eigenvalue weighted by Gasteiger charge is 2.26. The van der Waals surface area contributed by atoms with Crippen LogP contribution in [0.2, 0.25) is 0 Å². The highest BCUT2D eigenvalue weighted by molar-refractivity contribution is 5.93. The van der Waals surface area contributed by atoms with Crippen LogP contribution in [0.3, 0.4) is 0 Å². The first-order valence-corrected chi connectivity index (χ1v) is 9.19. The molecule has 1 unspecified atom stereocenters. The lowest BCUT2D eigenvalue weighted by Crippen LogP contribution is -2.31. The van der Waals surface area contributed by atoms with Gasteiger partial charge in [0.25, 0.3) is 0 Å². The van der Waals surface area contributed by atoms with Crippen molar-refractivity contribution in [2.45, 2.75) is 18.9 Å². The van der Waals surface area contributed by atoms with Gasteiger partial charge in [0.05, 0.1) is 23.8 Å². The lowest BCUT2D eigenvalue weighted by Gasteiger charge is -2.29. The lowest BCUT2D eigenvalue weighted by atomic mass is 10.0. The van der Waals surface area contributed by atoms with Gasteiger partial charge in [0.1, 0.15) is 5.75 Å². The summed E-state index contributed by atoms with van der Waals surface area (Å²) in [6, 6.07) is 11.2. The minimum Gasteiger partial charge on any atom is -0.496 e. The number of nitro groups is 1. The second kappa shape index (κ2) is 7.81. The Labute approximate surface area is 161 Å². The quantitative estimate of drug-likeness (QED) is 0.489. The van der Waals surface area contributed by atoms with Crippen LogP contribution in [-0.2, 0) is 0 Å². The van der Waals surface area contributed by atoms with E-state index in [4.69, 9.17) is 9.37 Å². The molecule has 1 N–H and O–H groups in total. The van der Waals surface area contributed by atoms with E-state index >= 15 is 0 Å². The van der Waals surface area contributed by atoms with Crippen molar-refractivity contribution >= 4 is 22.4 Å². The molecule has 0 amide bonds. The van der Waals surface area contributed by atoms with Crippen LogP contribution in [0.5, 0.6) is 5.75 Å². The molecule has 9 heteroatoms. The van der Waals surface area contributed by atoms with E-state index in [1.54, 1.807) is 13.2 Å². The van der Waals surface area contributed by atoms with E-state index in [1.165, 1.54) is 18.9 Å². The Morgan fingerprint density at radius 2 is 1.96 bits per heavy atom. The van der Waals surface area contributed by atoms with Gasteiger partial charge in [-0.05, 0) is 48.4 Å². The van der Waals surface area contributed by atoms with E-state index in [-0.39, 0.29) is 17.2 Å². The molecular formula is C19H21N5O4. The average molecular weight is 383 g/mol. The predicted molar refractivity (Wildman–Crippen MR) is 103 cm³/mol.